The predicted octanol–water partition coefficient (Wildman–Crippen LogP) is 2.04. The van der Waals surface area contributed by atoms with Gasteiger partial charge in [-0.05, 0) is 24.3 Å². The van der Waals surface area contributed by atoms with E-state index in [0.717, 1.165) is 42.0 Å². The van der Waals surface area contributed by atoms with Gasteiger partial charge in [0.05, 0.1) is 24.6 Å². The fraction of sp³-hybridized carbons (Fsp3) is 0.588. The molecule has 2 aromatic rings. The van der Waals surface area contributed by atoms with Crippen molar-refractivity contribution in [1.29, 1.82) is 0 Å². The van der Waals surface area contributed by atoms with E-state index in [-0.39, 0.29) is 12.1 Å². The van der Waals surface area contributed by atoms with Gasteiger partial charge in [0.25, 0.3) is 0 Å². The molecule has 2 amide bonds. The highest BCUT2D eigenvalue weighted by atomic mass is 32.1. The smallest absolute Gasteiger partial charge is 0.320 e. The standard InChI is InChI=1S/C17H23N5O2S/c1-20(17(23)21-6-8-24-9-7-21)13-3-2-5-22(11-13)15-14-4-10-25-16(14)19-12-18-15/h4,10,12-13H,2-3,5-9,11H2,1H3. The number of carbonyl (C=O) groups is 1. The number of fused-ring (bicyclic) bond motifs is 1. The molecule has 1 atom stereocenters. The van der Waals surface area contributed by atoms with Crippen LogP contribution in [0.2, 0.25) is 0 Å². The molecule has 25 heavy (non-hydrogen) atoms. The third-order valence-electron chi connectivity index (χ3n) is 5.07. The maximum atomic E-state index is 12.8. The minimum absolute atomic E-state index is 0.110. The number of likely N-dealkylation sites (N-methyl/N-ethyl adjacent to an activating group) is 1. The lowest BCUT2D eigenvalue weighted by Gasteiger charge is -2.40. The van der Waals surface area contributed by atoms with Gasteiger partial charge in [0.2, 0.25) is 0 Å². The molecule has 4 heterocycles. The highest BCUT2D eigenvalue weighted by Crippen LogP contribution is 2.29. The number of rotatable bonds is 2. The minimum Gasteiger partial charge on any atom is -0.378 e. The first-order chi connectivity index (χ1) is 12.2. The van der Waals surface area contributed by atoms with Gasteiger partial charge in [0.1, 0.15) is 17.0 Å². The highest BCUT2D eigenvalue weighted by molar-refractivity contribution is 7.16. The first-order valence-electron chi connectivity index (χ1n) is 8.76. The van der Waals surface area contributed by atoms with Crippen LogP contribution in [-0.2, 0) is 4.74 Å². The first-order valence-corrected chi connectivity index (χ1v) is 9.64. The number of carbonyl (C=O) groups excluding carboxylic acids is 1. The van der Waals surface area contributed by atoms with E-state index in [4.69, 9.17) is 4.74 Å². The maximum absolute atomic E-state index is 12.8. The Hall–Kier alpha value is -1.93. The van der Waals surface area contributed by atoms with E-state index in [1.54, 1.807) is 17.7 Å². The molecule has 2 aliphatic heterocycles. The lowest BCUT2D eigenvalue weighted by molar-refractivity contribution is 0.0414. The summed E-state index contributed by atoms with van der Waals surface area (Å²) in [4.78, 5) is 28.7. The van der Waals surface area contributed by atoms with E-state index in [0.29, 0.717) is 26.3 Å². The molecule has 134 valence electrons. The zero-order valence-electron chi connectivity index (χ0n) is 14.4. The Balaban J connectivity index is 1.49. The molecule has 2 aliphatic rings. The third kappa shape index (κ3) is 3.28. The molecule has 0 aliphatic carbocycles. The molecular formula is C17H23N5O2S. The minimum atomic E-state index is 0.110. The van der Waals surface area contributed by atoms with Crippen molar-refractivity contribution in [2.24, 2.45) is 0 Å². The first kappa shape index (κ1) is 16.5. The number of amides is 2. The second-order valence-electron chi connectivity index (χ2n) is 6.57. The van der Waals surface area contributed by atoms with Crippen LogP contribution in [-0.4, -0.2) is 78.3 Å². The number of thiophene rings is 1. The summed E-state index contributed by atoms with van der Waals surface area (Å²) in [6.45, 7) is 4.41. The molecule has 1 unspecified atom stereocenters. The molecule has 0 saturated carbocycles. The van der Waals surface area contributed by atoms with E-state index in [9.17, 15) is 4.79 Å². The van der Waals surface area contributed by atoms with Crippen molar-refractivity contribution in [1.82, 2.24) is 19.8 Å². The van der Waals surface area contributed by atoms with E-state index >= 15 is 0 Å². The van der Waals surface area contributed by atoms with Gasteiger partial charge >= 0.3 is 6.03 Å². The van der Waals surface area contributed by atoms with Crippen LogP contribution in [0.1, 0.15) is 12.8 Å². The van der Waals surface area contributed by atoms with Gasteiger partial charge in [-0.25, -0.2) is 14.8 Å². The Morgan fingerprint density at radius 2 is 2.16 bits per heavy atom. The Morgan fingerprint density at radius 1 is 1.32 bits per heavy atom. The Morgan fingerprint density at radius 3 is 3.00 bits per heavy atom. The zero-order chi connectivity index (χ0) is 17.2. The van der Waals surface area contributed by atoms with Gasteiger partial charge in [-0.2, -0.15) is 0 Å². The van der Waals surface area contributed by atoms with Crippen molar-refractivity contribution < 1.29 is 9.53 Å². The van der Waals surface area contributed by atoms with Crippen LogP contribution in [0.25, 0.3) is 10.2 Å². The summed E-state index contributed by atoms with van der Waals surface area (Å²) >= 11 is 1.64. The largest absolute Gasteiger partial charge is 0.378 e. The van der Waals surface area contributed by atoms with Crippen molar-refractivity contribution in [2.75, 3.05) is 51.3 Å². The van der Waals surface area contributed by atoms with Crippen molar-refractivity contribution in [3.8, 4) is 0 Å². The number of morpholine rings is 1. The van der Waals surface area contributed by atoms with Crippen LogP contribution in [0.4, 0.5) is 10.6 Å². The predicted molar refractivity (Wildman–Crippen MR) is 98.2 cm³/mol. The lowest BCUT2D eigenvalue weighted by atomic mass is 10.0. The van der Waals surface area contributed by atoms with Gasteiger partial charge in [-0.3, -0.25) is 0 Å². The number of anilines is 1. The van der Waals surface area contributed by atoms with Crippen molar-refractivity contribution in [3.63, 3.8) is 0 Å². The molecule has 2 aromatic heterocycles. The van der Waals surface area contributed by atoms with Crippen LogP contribution < -0.4 is 4.90 Å². The van der Waals surface area contributed by atoms with Gasteiger partial charge in [0.15, 0.2) is 0 Å². The summed E-state index contributed by atoms with van der Waals surface area (Å²) in [7, 11) is 1.92. The van der Waals surface area contributed by atoms with Gasteiger partial charge < -0.3 is 19.4 Å². The molecule has 7 nitrogen and oxygen atoms in total. The van der Waals surface area contributed by atoms with Crippen LogP contribution in [0.5, 0.6) is 0 Å². The molecule has 0 bridgehead atoms. The van der Waals surface area contributed by atoms with Gasteiger partial charge in [-0.1, -0.05) is 0 Å². The zero-order valence-corrected chi connectivity index (χ0v) is 15.2. The summed E-state index contributed by atoms with van der Waals surface area (Å²) in [6.07, 6.45) is 3.72. The number of ether oxygens (including phenoxy) is 1. The summed E-state index contributed by atoms with van der Waals surface area (Å²) in [5.74, 6) is 0.989. The number of hydrogen-bond acceptors (Lipinski definition) is 6. The summed E-state index contributed by atoms with van der Waals surface area (Å²) in [5, 5.41) is 3.16. The van der Waals surface area contributed by atoms with E-state index < -0.39 is 0 Å². The Bertz CT molecular complexity index is 745. The molecule has 2 fully saturated rings. The molecule has 0 N–H and O–H groups in total. The quantitative estimate of drug-likeness (QED) is 0.819. The molecule has 0 spiro atoms. The lowest BCUT2D eigenvalue weighted by Crippen LogP contribution is -2.54. The van der Waals surface area contributed by atoms with Crippen LogP contribution >= 0.6 is 11.3 Å². The number of hydrogen-bond donors (Lipinski definition) is 0. The monoisotopic (exact) mass is 361 g/mol. The highest BCUT2D eigenvalue weighted by Gasteiger charge is 2.30. The average Bonchev–Trinajstić information content (AvgIpc) is 3.16. The normalized spacial score (nSPS) is 21.6. The summed E-state index contributed by atoms with van der Waals surface area (Å²) in [5.41, 5.74) is 0. The Kier molecular flexibility index (Phi) is 4.72. The number of piperidine rings is 1. The van der Waals surface area contributed by atoms with Crippen LogP contribution in [0.15, 0.2) is 17.8 Å². The topological polar surface area (TPSA) is 61.8 Å². The average molecular weight is 361 g/mol. The van der Waals surface area contributed by atoms with Crippen molar-refractivity contribution in [3.05, 3.63) is 17.8 Å². The summed E-state index contributed by atoms with van der Waals surface area (Å²) in [6, 6.07) is 2.40. The van der Waals surface area contributed by atoms with Gasteiger partial charge in [0, 0.05) is 33.2 Å². The number of nitrogens with zero attached hydrogens (tertiary/aromatic N) is 5. The van der Waals surface area contributed by atoms with E-state index in [1.165, 1.54) is 0 Å². The molecule has 4 rings (SSSR count). The summed E-state index contributed by atoms with van der Waals surface area (Å²) < 4.78 is 5.35. The molecule has 0 radical (unpaired) electrons. The fourth-order valence-corrected chi connectivity index (χ4v) is 4.35. The second kappa shape index (κ2) is 7.13. The van der Waals surface area contributed by atoms with Crippen molar-refractivity contribution >= 4 is 33.4 Å². The third-order valence-corrected chi connectivity index (χ3v) is 5.89. The van der Waals surface area contributed by atoms with Crippen LogP contribution in [0.3, 0.4) is 0 Å². The molecular weight excluding hydrogens is 338 g/mol. The molecule has 2 saturated heterocycles. The molecule has 8 heteroatoms. The maximum Gasteiger partial charge on any atom is 0.320 e. The van der Waals surface area contributed by atoms with E-state index in [1.807, 2.05) is 16.8 Å². The fourth-order valence-electron chi connectivity index (χ4n) is 3.63. The molecule has 0 aromatic carbocycles. The van der Waals surface area contributed by atoms with Gasteiger partial charge in [-0.15, -0.1) is 11.3 Å². The van der Waals surface area contributed by atoms with Crippen LogP contribution in [0, 0.1) is 0 Å². The Labute approximate surface area is 151 Å². The van der Waals surface area contributed by atoms with E-state index in [2.05, 4.69) is 26.3 Å². The number of aromatic nitrogens is 2. The second-order valence-corrected chi connectivity index (χ2v) is 7.47. The number of urea groups is 1. The SMILES string of the molecule is CN(C(=O)N1CCOCC1)C1CCCN(c2ncnc3sccc23)C1. The van der Waals surface area contributed by atoms with Crippen molar-refractivity contribution in [2.45, 2.75) is 18.9 Å².